The molecule has 2 heterocycles. The Balaban J connectivity index is 1.30. The molecule has 0 unspecified atom stereocenters. The van der Waals surface area contributed by atoms with E-state index in [1.165, 1.54) is 77.2 Å². The van der Waals surface area contributed by atoms with Gasteiger partial charge in [0.2, 0.25) is 0 Å². The van der Waals surface area contributed by atoms with Crippen LogP contribution in [0.5, 0.6) is 0 Å². The summed E-state index contributed by atoms with van der Waals surface area (Å²) in [5.74, 6) is 0. The van der Waals surface area contributed by atoms with E-state index < -0.39 is 5.41 Å². The minimum Gasteiger partial charge on any atom is -0.245 e. The van der Waals surface area contributed by atoms with Crippen molar-refractivity contribution >= 4 is 44.2 Å². The summed E-state index contributed by atoms with van der Waals surface area (Å²) in [6.07, 6.45) is 3.77. The molecule has 0 spiro atoms. The smallest absolute Gasteiger partial charge is 0.123 e. The van der Waals surface area contributed by atoms with Crippen LogP contribution in [0.4, 0.5) is 0 Å². The summed E-state index contributed by atoms with van der Waals surface area (Å²) in [7, 11) is 0. The highest BCUT2D eigenvalue weighted by Crippen LogP contribution is 2.61. The van der Waals surface area contributed by atoms with Gasteiger partial charge in [-0.15, -0.1) is 22.7 Å². The molecular formula is C51H32N2S2. The second-order valence-corrected chi connectivity index (χ2v) is 15.9. The Labute approximate surface area is 327 Å². The summed E-state index contributed by atoms with van der Waals surface area (Å²) < 4.78 is 0. The van der Waals surface area contributed by atoms with Gasteiger partial charge in [-0.2, -0.15) is 0 Å². The fraction of sp³-hybridized carbons (Fsp3) is 0.0196. The standard InChI is InChI=1S/C51H32N2S2/c1-3-17-37(18-4-1)51(38-19-5-2-6-20-38)45-31-43(33-13-11-15-35(29-33)49-52-25-27-54-49)39-21-7-9-23-41(39)47(45)48-42-24-10-8-22-40(42)44(32-46(48)51)34-14-12-16-36(30-34)50-53-26-28-55-50/h1-32H. The van der Waals surface area contributed by atoms with Crippen molar-refractivity contribution in [2.45, 2.75) is 5.41 Å². The highest BCUT2D eigenvalue weighted by molar-refractivity contribution is 7.13. The van der Waals surface area contributed by atoms with Crippen LogP contribution in [0.2, 0.25) is 0 Å². The summed E-state index contributed by atoms with van der Waals surface area (Å²) in [5.41, 5.74) is 14.2. The molecular weight excluding hydrogens is 705 g/mol. The third-order valence-corrected chi connectivity index (χ3v) is 12.9. The molecule has 0 aliphatic heterocycles. The van der Waals surface area contributed by atoms with Crippen molar-refractivity contribution in [1.29, 1.82) is 0 Å². The lowest BCUT2D eigenvalue weighted by Crippen LogP contribution is -2.28. The van der Waals surface area contributed by atoms with Crippen LogP contribution in [-0.4, -0.2) is 9.97 Å². The molecule has 258 valence electrons. The zero-order valence-corrected chi connectivity index (χ0v) is 31.3. The van der Waals surface area contributed by atoms with Gasteiger partial charge in [0.15, 0.2) is 0 Å². The molecule has 8 aromatic carbocycles. The maximum atomic E-state index is 4.67. The van der Waals surface area contributed by atoms with Crippen molar-refractivity contribution < 1.29 is 0 Å². The first-order valence-electron chi connectivity index (χ1n) is 18.5. The molecule has 1 aliphatic rings. The first-order chi connectivity index (χ1) is 27.3. The molecule has 0 saturated carbocycles. The van der Waals surface area contributed by atoms with Crippen molar-refractivity contribution in [2.75, 3.05) is 0 Å². The van der Waals surface area contributed by atoms with Gasteiger partial charge in [-0.1, -0.05) is 146 Å². The normalized spacial score (nSPS) is 12.9. The molecule has 0 atom stereocenters. The van der Waals surface area contributed by atoms with E-state index in [0.29, 0.717) is 0 Å². The maximum Gasteiger partial charge on any atom is 0.123 e. The van der Waals surface area contributed by atoms with Gasteiger partial charge in [0, 0.05) is 34.3 Å². The molecule has 55 heavy (non-hydrogen) atoms. The minimum absolute atomic E-state index is 0.607. The topological polar surface area (TPSA) is 25.8 Å². The molecule has 0 saturated heterocycles. The SMILES string of the molecule is c1ccc(C2(c3ccccc3)c3cc(-c4cccc(-c5nccs5)c4)c4ccccc4c3-c3c2cc(-c2cccc(-c4nccs4)c2)c2ccccc32)cc1. The van der Waals surface area contributed by atoms with E-state index in [1.54, 1.807) is 22.7 Å². The van der Waals surface area contributed by atoms with Crippen LogP contribution < -0.4 is 0 Å². The zero-order chi connectivity index (χ0) is 36.3. The number of fused-ring (bicyclic) bond motifs is 7. The third-order valence-electron chi connectivity index (χ3n) is 11.3. The molecule has 11 rings (SSSR count). The fourth-order valence-electron chi connectivity index (χ4n) is 9.04. The van der Waals surface area contributed by atoms with Crippen LogP contribution in [0, 0.1) is 0 Å². The maximum absolute atomic E-state index is 4.67. The summed E-state index contributed by atoms with van der Waals surface area (Å²) >= 11 is 3.35. The number of thiazole rings is 2. The van der Waals surface area contributed by atoms with Gasteiger partial charge in [0.25, 0.3) is 0 Å². The van der Waals surface area contributed by atoms with Gasteiger partial charge < -0.3 is 0 Å². The van der Waals surface area contributed by atoms with Gasteiger partial charge in [0.1, 0.15) is 10.0 Å². The first kappa shape index (κ1) is 32.0. The van der Waals surface area contributed by atoms with E-state index in [2.05, 4.69) is 180 Å². The Hall–Kier alpha value is -6.46. The summed E-state index contributed by atoms with van der Waals surface area (Å²) in [4.78, 5) is 9.34. The molecule has 0 bridgehead atoms. The predicted octanol–water partition coefficient (Wildman–Crippen LogP) is 13.9. The predicted molar refractivity (Wildman–Crippen MR) is 232 cm³/mol. The highest BCUT2D eigenvalue weighted by Gasteiger charge is 2.48. The van der Waals surface area contributed by atoms with Crippen molar-refractivity contribution in [3.63, 3.8) is 0 Å². The molecule has 0 N–H and O–H groups in total. The van der Waals surface area contributed by atoms with Crippen LogP contribution in [-0.2, 0) is 5.41 Å². The highest BCUT2D eigenvalue weighted by atomic mass is 32.1. The molecule has 4 heteroatoms. The average molecular weight is 737 g/mol. The van der Waals surface area contributed by atoms with Gasteiger partial charge >= 0.3 is 0 Å². The van der Waals surface area contributed by atoms with Crippen LogP contribution >= 0.6 is 22.7 Å². The van der Waals surface area contributed by atoms with Crippen LogP contribution in [0.25, 0.3) is 76.1 Å². The molecule has 2 aromatic heterocycles. The Kier molecular flexibility index (Phi) is 7.48. The van der Waals surface area contributed by atoms with Crippen molar-refractivity contribution in [3.05, 3.63) is 215 Å². The second kappa shape index (κ2) is 12.8. The number of benzene rings is 8. The number of nitrogens with zero attached hydrogens (tertiary/aromatic N) is 2. The lowest BCUT2D eigenvalue weighted by atomic mass is 9.66. The Morgan fingerprint density at radius 1 is 0.364 bits per heavy atom. The lowest BCUT2D eigenvalue weighted by molar-refractivity contribution is 0.770. The van der Waals surface area contributed by atoms with Crippen molar-refractivity contribution in [1.82, 2.24) is 9.97 Å². The van der Waals surface area contributed by atoms with Crippen molar-refractivity contribution in [3.8, 4) is 54.5 Å². The van der Waals surface area contributed by atoms with E-state index in [0.717, 1.165) is 21.1 Å². The fourth-order valence-corrected chi connectivity index (χ4v) is 10.3. The number of hydrogen-bond acceptors (Lipinski definition) is 4. The second-order valence-electron chi connectivity index (χ2n) is 14.1. The lowest BCUT2D eigenvalue weighted by Gasteiger charge is -2.34. The van der Waals surface area contributed by atoms with Gasteiger partial charge in [-0.05, 0) is 101 Å². The molecule has 0 radical (unpaired) electrons. The van der Waals surface area contributed by atoms with Crippen LogP contribution in [0.1, 0.15) is 22.3 Å². The first-order valence-corrected chi connectivity index (χ1v) is 20.3. The monoisotopic (exact) mass is 736 g/mol. The third kappa shape index (κ3) is 4.92. The summed E-state index contributed by atoms with van der Waals surface area (Å²) in [5, 5.41) is 11.1. The van der Waals surface area contributed by atoms with E-state index in [4.69, 9.17) is 0 Å². The van der Waals surface area contributed by atoms with E-state index in [-0.39, 0.29) is 0 Å². The number of aromatic nitrogens is 2. The van der Waals surface area contributed by atoms with Gasteiger partial charge in [-0.25, -0.2) is 9.97 Å². The van der Waals surface area contributed by atoms with Crippen LogP contribution in [0.3, 0.4) is 0 Å². The van der Waals surface area contributed by atoms with Gasteiger partial charge in [-0.3, -0.25) is 0 Å². The number of rotatable bonds is 6. The minimum atomic E-state index is -0.607. The molecule has 10 aromatic rings. The zero-order valence-electron chi connectivity index (χ0n) is 29.7. The summed E-state index contributed by atoms with van der Waals surface area (Å²) in [6, 6.07) is 63.1. The van der Waals surface area contributed by atoms with E-state index >= 15 is 0 Å². The number of hydrogen-bond donors (Lipinski definition) is 0. The van der Waals surface area contributed by atoms with Crippen molar-refractivity contribution in [2.24, 2.45) is 0 Å². The van der Waals surface area contributed by atoms with Gasteiger partial charge in [0.05, 0.1) is 5.41 Å². The molecule has 2 nitrogen and oxygen atoms in total. The summed E-state index contributed by atoms with van der Waals surface area (Å²) in [6.45, 7) is 0. The Bertz CT molecular complexity index is 2810. The largest absolute Gasteiger partial charge is 0.245 e. The Morgan fingerprint density at radius 2 is 0.764 bits per heavy atom. The molecule has 0 fully saturated rings. The Morgan fingerprint density at radius 3 is 1.18 bits per heavy atom. The molecule has 1 aliphatic carbocycles. The van der Waals surface area contributed by atoms with E-state index in [9.17, 15) is 0 Å². The average Bonchev–Trinajstić information content (AvgIpc) is 4.06. The quantitative estimate of drug-likeness (QED) is 0.170. The van der Waals surface area contributed by atoms with Crippen LogP contribution in [0.15, 0.2) is 193 Å². The van der Waals surface area contributed by atoms with E-state index in [1.807, 2.05) is 23.2 Å². The molecule has 0 amide bonds.